The van der Waals surface area contributed by atoms with E-state index in [0.29, 0.717) is 9.90 Å². The largest absolute Gasteiger partial charge is 0.350 e. The molecule has 2 rings (SSSR count). The van der Waals surface area contributed by atoms with E-state index in [4.69, 9.17) is 58.6 Å². The summed E-state index contributed by atoms with van der Waals surface area (Å²) in [6, 6.07) is -0.508. The number of thiocarbonyl (C=S) groups is 1. The van der Waals surface area contributed by atoms with Crippen molar-refractivity contribution in [3.8, 4) is 0 Å². The molecule has 9 heteroatoms. The molecular formula is C9H5Cl4N3OS. The second kappa shape index (κ2) is 4.98. The lowest BCUT2D eigenvalue weighted by molar-refractivity contribution is 0.620. The van der Waals surface area contributed by atoms with Gasteiger partial charge in [0.2, 0.25) is 0 Å². The predicted molar refractivity (Wildman–Crippen MR) is 76.7 cm³/mol. The van der Waals surface area contributed by atoms with Gasteiger partial charge in [-0.2, -0.15) is 9.78 Å². The van der Waals surface area contributed by atoms with Crippen molar-refractivity contribution in [2.45, 2.75) is 9.96 Å². The van der Waals surface area contributed by atoms with Gasteiger partial charge in [-0.05, 0) is 6.08 Å². The van der Waals surface area contributed by atoms with Crippen LogP contribution in [0.5, 0.6) is 0 Å². The monoisotopic (exact) mass is 343 g/mol. The van der Waals surface area contributed by atoms with E-state index in [1.165, 1.54) is 10.9 Å². The molecule has 4 nitrogen and oxygen atoms in total. The van der Waals surface area contributed by atoms with Crippen molar-refractivity contribution in [2.75, 3.05) is 0 Å². The molecule has 0 fully saturated rings. The Balaban J connectivity index is 2.46. The molecule has 0 amide bonds. The lowest BCUT2D eigenvalue weighted by Gasteiger charge is -2.17. The van der Waals surface area contributed by atoms with Crippen molar-refractivity contribution in [3.05, 3.63) is 40.1 Å². The Morgan fingerprint density at radius 3 is 2.61 bits per heavy atom. The molecule has 1 atom stereocenters. The standard InChI is InChI=1S/C9H5Cl4N3OS/c10-5-2-1-3-6(7(5)18)15-4-14-16(8(15)17)9(11,12)13/h1-4,6H. The van der Waals surface area contributed by atoms with Crippen LogP contribution in [0.25, 0.3) is 0 Å². The van der Waals surface area contributed by atoms with Crippen molar-refractivity contribution >= 4 is 63.5 Å². The fourth-order valence-electron chi connectivity index (χ4n) is 1.46. The van der Waals surface area contributed by atoms with Crippen LogP contribution in [0.15, 0.2) is 34.4 Å². The predicted octanol–water partition coefficient (Wildman–Crippen LogP) is 2.93. The van der Waals surface area contributed by atoms with Gasteiger partial charge in [0.1, 0.15) is 6.33 Å². The van der Waals surface area contributed by atoms with E-state index in [9.17, 15) is 4.79 Å². The molecule has 0 spiro atoms. The van der Waals surface area contributed by atoms with Crippen LogP contribution in [0.3, 0.4) is 0 Å². The van der Waals surface area contributed by atoms with Gasteiger partial charge in [-0.15, -0.1) is 0 Å². The molecule has 0 radical (unpaired) electrons. The smallest absolute Gasteiger partial charge is 0.269 e. The Kier molecular flexibility index (Phi) is 3.90. The number of halogens is 4. The molecule has 96 valence electrons. The van der Waals surface area contributed by atoms with E-state index < -0.39 is 15.6 Å². The molecule has 0 saturated heterocycles. The topological polar surface area (TPSA) is 39.8 Å². The summed E-state index contributed by atoms with van der Waals surface area (Å²) in [6.45, 7) is 0. The van der Waals surface area contributed by atoms with Gasteiger partial charge in [0.25, 0.3) is 3.92 Å². The van der Waals surface area contributed by atoms with Gasteiger partial charge in [0, 0.05) is 0 Å². The maximum Gasteiger partial charge on any atom is 0.350 e. The zero-order chi connectivity index (χ0) is 13.5. The van der Waals surface area contributed by atoms with Gasteiger partial charge in [0.05, 0.1) is 15.9 Å². The Hall–Kier alpha value is -0.330. The third-order valence-electron chi connectivity index (χ3n) is 2.27. The lowest BCUT2D eigenvalue weighted by Crippen LogP contribution is -2.34. The second-order valence-electron chi connectivity index (χ2n) is 3.41. The van der Waals surface area contributed by atoms with Crippen molar-refractivity contribution in [2.24, 2.45) is 0 Å². The third-order valence-corrected chi connectivity index (χ3v) is 3.66. The van der Waals surface area contributed by atoms with Crippen LogP contribution in [0.2, 0.25) is 0 Å². The van der Waals surface area contributed by atoms with Crippen molar-refractivity contribution in [1.29, 1.82) is 0 Å². The number of hydrogen-bond donors (Lipinski definition) is 0. The average Bonchev–Trinajstić information content (AvgIpc) is 2.64. The molecule has 0 aliphatic heterocycles. The SMILES string of the molecule is O=c1n(C2C=CC=C(Cl)C2=S)cnn1C(Cl)(Cl)Cl. The van der Waals surface area contributed by atoms with E-state index in [1.54, 1.807) is 18.2 Å². The summed E-state index contributed by atoms with van der Waals surface area (Å²) in [5, 5.41) is 4.13. The van der Waals surface area contributed by atoms with Crippen LogP contribution in [0.4, 0.5) is 0 Å². The number of nitrogens with zero attached hydrogens (tertiary/aromatic N) is 3. The molecule has 1 aliphatic rings. The summed E-state index contributed by atoms with van der Waals surface area (Å²) in [5.74, 6) is 0. The first-order chi connectivity index (χ1) is 8.32. The highest BCUT2D eigenvalue weighted by atomic mass is 35.6. The summed E-state index contributed by atoms with van der Waals surface area (Å²) < 4.78 is 0.0401. The van der Waals surface area contributed by atoms with Crippen LogP contribution < -0.4 is 5.69 Å². The van der Waals surface area contributed by atoms with Crippen molar-refractivity contribution in [1.82, 2.24) is 14.3 Å². The quantitative estimate of drug-likeness (QED) is 0.581. The maximum absolute atomic E-state index is 12.0. The number of rotatable bonds is 1. The highest BCUT2D eigenvalue weighted by Gasteiger charge is 2.29. The fraction of sp³-hybridized carbons (Fsp3) is 0.222. The Labute approximate surface area is 127 Å². The molecule has 18 heavy (non-hydrogen) atoms. The molecule has 0 aromatic carbocycles. The average molecular weight is 345 g/mol. The number of aromatic nitrogens is 3. The normalized spacial score (nSPS) is 20.1. The fourth-order valence-corrected chi connectivity index (χ4v) is 2.25. The van der Waals surface area contributed by atoms with Crippen LogP contribution in [0, 0.1) is 0 Å². The van der Waals surface area contributed by atoms with Gasteiger partial charge in [0.15, 0.2) is 0 Å². The Morgan fingerprint density at radius 1 is 1.39 bits per heavy atom. The zero-order valence-electron chi connectivity index (χ0n) is 8.56. The Morgan fingerprint density at radius 2 is 2.06 bits per heavy atom. The summed E-state index contributed by atoms with van der Waals surface area (Å²) in [4.78, 5) is 12.4. The minimum Gasteiger partial charge on any atom is -0.269 e. The maximum atomic E-state index is 12.0. The molecule has 1 aromatic heterocycles. The first-order valence-corrected chi connectivity index (χ1v) is 6.56. The van der Waals surface area contributed by atoms with Crippen LogP contribution >= 0.6 is 58.6 Å². The van der Waals surface area contributed by atoms with E-state index in [0.717, 1.165) is 4.68 Å². The summed E-state index contributed by atoms with van der Waals surface area (Å²) >= 11 is 27.9. The molecule has 1 unspecified atom stereocenters. The number of allylic oxidation sites excluding steroid dienone is 4. The lowest BCUT2D eigenvalue weighted by atomic mass is 10.1. The van der Waals surface area contributed by atoms with E-state index in [2.05, 4.69) is 5.10 Å². The minimum absolute atomic E-state index is 0.394. The molecule has 0 N–H and O–H groups in total. The van der Waals surface area contributed by atoms with E-state index in [1.807, 2.05) is 0 Å². The van der Waals surface area contributed by atoms with Gasteiger partial charge in [-0.25, -0.2) is 4.79 Å². The number of hydrogen-bond acceptors (Lipinski definition) is 3. The van der Waals surface area contributed by atoms with E-state index >= 15 is 0 Å². The van der Waals surface area contributed by atoms with Gasteiger partial charge in [-0.3, -0.25) is 4.57 Å². The summed E-state index contributed by atoms with van der Waals surface area (Å²) in [7, 11) is 0. The highest BCUT2D eigenvalue weighted by molar-refractivity contribution is 7.81. The van der Waals surface area contributed by atoms with Crippen LogP contribution in [-0.4, -0.2) is 19.2 Å². The second-order valence-corrected chi connectivity index (χ2v) is 6.48. The molecule has 0 bridgehead atoms. The van der Waals surface area contributed by atoms with Gasteiger partial charge >= 0.3 is 5.69 Å². The molecular weight excluding hydrogens is 340 g/mol. The molecule has 1 aliphatic carbocycles. The van der Waals surface area contributed by atoms with Gasteiger partial charge in [-0.1, -0.05) is 70.8 Å². The van der Waals surface area contributed by atoms with E-state index in [-0.39, 0.29) is 0 Å². The van der Waals surface area contributed by atoms with Gasteiger partial charge < -0.3 is 0 Å². The third kappa shape index (κ3) is 2.51. The highest BCUT2D eigenvalue weighted by Crippen LogP contribution is 2.30. The van der Waals surface area contributed by atoms with Crippen molar-refractivity contribution < 1.29 is 0 Å². The van der Waals surface area contributed by atoms with Crippen LogP contribution in [-0.2, 0) is 3.92 Å². The minimum atomic E-state index is -1.94. The first-order valence-electron chi connectivity index (χ1n) is 4.64. The molecule has 0 saturated carbocycles. The zero-order valence-corrected chi connectivity index (χ0v) is 12.4. The Bertz CT molecular complexity index is 610. The van der Waals surface area contributed by atoms with Crippen LogP contribution in [0.1, 0.15) is 6.04 Å². The first kappa shape index (κ1) is 14.1. The molecule has 1 heterocycles. The number of alkyl halides is 3. The van der Waals surface area contributed by atoms with Crippen molar-refractivity contribution in [3.63, 3.8) is 0 Å². The molecule has 1 aromatic rings. The summed E-state index contributed by atoms with van der Waals surface area (Å²) in [5.41, 5.74) is -0.585. The summed E-state index contributed by atoms with van der Waals surface area (Å²) in [6.07, 6.45) is 6.30.